The number of carbonyl (C=O) groups excluding carboxylic acids is 1. The smallest absolute Gasteiger partial charge is 0.338 e. The lowest BCUT2D eigenvalue weighted by atomic mass is 9.75. The summed E-state index contributed by atoms with van der Waals surface area (Å²) in [6.45, 7) is 9.88. The summed E-state index contributed by atoms with van der Waals surface area (Å²) >= 11 is 0. The number of benzene rings is 1. The number of fused-ring (bicyclic) bond motifs is 1. The van der Waals surface area contributed by atoms with Crippen LogP contribution in [0.5, 0.6) is 0 Å². The van der Waals surface area contributed by atoms with Gasteiger partial charge in [0, 0.05) is 31.9 Å². The maximum absolute atomic E-state index is 12.8. The zero-order chi connectivity index (χ0) is 26.8. The molecule has 1 aromatic heterocycles. The molecule has 1 aliphatic carbocycles. The van der Waals surface area contributed by atoms with E-state index in [0.717, 1.165) is 75.5 Å². The number of nitrogens with zero attached hydrogens (tertiary/aromatic N) is 2. The standard InChI is InChI=1S/C29H39N3O5S/c1-3-32-27-21(2)30-20-29(14-17-36-18-15-29)19-25(27)26(31-32)9-6-16-37-28(33)22-10-12-24(13-11-22)38(34,35)23-7-4-5-8-23/h10-13,23,30H,2-9,14-20H2,1H3. The lowest BCUT2D eigenvalue weighted by molar-refractivity contribution is 0.0173. The predicted molar refractivity (Wildman–Crippen MR) is 146 cm³/mol. The number of rotatable bonds is 8. The summed E-state index contributed by atoms with van der Waals surface area (Å²) in [6, 6.07) is 6.17. The van der Waals surface area contributed by atoms with Crippen LogP contribution in [0, 0.1) is 5.41 Å². The van der Waals surface area contributed by atoms with Crippen LogP contribution in [-0.2, 0) is 38.7 Å². The van der Waals surface area contributed by atoms with Crippen LogP contribution in [0.1, 0.15) is 79.2 Å². The summed E-state index contributed by atoms with van der Waals surface area (Å²) < 4.78 is 38.8. The number of ether oxygens (including phenoxy) is 2. The van der Waals surface area contributed by atoms with Crippen LogP contribution >= 0.6 is 0 Å². The maximum Gasteiger partial charge on any atom is 0.338 e. The molecule has 2 aromatic rings. The van der Waals surface area contributed by atoms with Gasteiger partial charge in [0.1, 0.15) is 0 Å². The molecule has 1 saturated carbocycles. The summed E-state index contributed by atoms with van der Waals surface area (Å²) in [4.78, 5) is 12.9. The zero-order valence-corrected chi connectivity index (χ0v) is 23.2. The molecule has 0 atom stereocenters. The summed E-state index contributed by atoms with van der Waals surface area (Å²) in [6.07, 6.45) is 7.68. The first-order chi connectivity index (χ1) is 18.3. The molecule has 2 fully saturated rings. The first kappa shape index (κ1) is 26.9. The van der Waals surface area contributed by atoms with E-state index in [2.05, 4.69) is 18.8 Å². The Labute approximate surface area is 225 Å². The van der Waals surface area contributed by atoms with Gasteiger partial charge in [0.05, 0.1) is 39.4 Å². The fraction of sp³-hybridized carbons (Fsp3) is 0.586. The number of hydrogen-bond acceptors (Lipinski definition) is 7. The second kappa shape index (κ2) is 11.2. The SMILES string of the molecule is C=C1NCC2(CCOCC2)Cc2c(CCCOC(=O)c3ccc(S(=O)(=O)C4CCCC4)cc3)nn(CC)c21. The van der Waals surface area contributed by atoms with E-state index < -0.39 is 15.8 Å². The largest absolute Gasteiger partial charge is 0.462 e. The van der Waals surface area contributed by atoms with E-state index in [1.807, 2.05) is 4.68 Å². The van der Waals surface area contributed by atoms with Crippen molar-refractivity contribution < 1.29 is 22.7 Å². The lowest BCUT2D eigenvalue weighted by Gasteiger charge is -2.36. The third-order valence-electron chi connectivity index (χ3n) is 8.45. The Kier molecular flexibility index (Phi) is 7.95. The highest BCUT2D eigenvalue weighted by Crippen LogP contribution is 2.39. The Morgan fingerprint density at radius 3 is 2.61 bits per heavy atom. The van der Waals surface area contributed by atoms with Crippen molar-refractivity contribution in [3.05, 3.63) is 53.4 Å². The number of aryl methyl sites for hydroxylation is 2. The van der Waals surface area contributed by atoms with Crippen molar-refractivity contribution in [3.63, 3.8) is 0 Å². The topological polar surface area (TPSA) is 99.5 Å². The molecule has 2 aliphatic heterocycles. The molecule has 0 unspecified atom stereocenters. The van der Waals surface area contributed by atoms with Gasteiger partial charge in [0.2, 0.25) is 0 Å². The highest BCUT2D eigenvalue weighted by molar-refractivity contribution is 7.92. The fourth-order valence-corrected chi connectivity index (χ4v) is 7.99. The van der Waals surface area contributed by atoms with E-state index in [1.165, 1.54) is 17.7 Å². The average molecular weight is 542 g/mol. The first-order valence-corrected chi connectivity index (χ1v) is 15.5. The van der Waals surface area contributed by atoms with Gasteiger partial charge in [-0.05, 0) is 81.5 Å². The van der Waals surface area contributed by atoms with Crippen LogP contribution in [0.3, 0.4) is 0 Å². The molecule has 8 nitrogen and oxygen atoms in total. The van der Waals surface area contributed by atoms with E-state index in [0.29, 0.717) is 31.2 Å². The Morgan fingerprint density at radius 2 is 1.92 bits per heavy atom. The third kappa shape index (κ3) is 5.41. The van der Waals surface area contributed by atoms with Crippen LogP contribution in [-0.4, -0.2) is 55.8 Å². The molecule has 0 amide bonds. The number of carbonyl (C=O) groups is 1. The van der Waals surface area contributed by atoms with Crippen LogP contribution in [0.15, 0.2) is 35.7 Å². The van der Waals surface area contributed by atoms with Gasteiger partial charge >= 0.3 is 5.97 Å². The van der Waals surface area contributed by atoms with Crippen molar-refractivity contribution in [3.8, 4) is 0 Å². The van der Waals surface area contributed by atoms with Gasteiger partial charge in [0.25, 0.3) is 0 Å². The minimum Gasteiger partial charge on any atom is -0.462 e. The minimum atomic E-state index is -3.34. The molecule has 206 valence electrons. The molecule has 1 N–H and O–H groups in total. The summed E-state index contributed by atoms with van der Waals surface area (Å²) in [5.74, 6) is -0.438. The molecule has 1 aromatic carbocycles. The molecule has 1 saturated heterocycles. The van der Waals surface area contributed by atoms with Gasteiger partial charge in [-0.25, -0.2) is 13.2 Å². The zero-order valence-electron chi connectivity index (χ0n) is 22.3. The highest BCUT2D eigenvalue weighted by atomic mass is 32.2. The average Bonchev–Trinajstić information content (AvgIpc) is 3.57. The molecule has 9 heteroatoms. The maximum atomic E-state index is 12.8. The van der Waals surface area contributed by atoms with E-state index in [9.17, 15) is 13.2 Å². The van der Waals surface area contributed by atoms with Crippen LogP contribution in [0.2, 0.25) is 0 Å². The number of esters is 1. The second-order valence-electron chi connectivity index (χ2n) is 10.9. The van der Waals surface area contributed by atoms with Gasteiger partial charge in [-0.1, -0.05) is 19.4 Å². The fourth-order valence-electron chi connectivity index (χ4n) is 6.13. The van der Waals surface area contributed by atoms with Gasteiger partial charge in [0.15, 0.2) is 9.84 Å². The molecule has 0 radical (unpaired) electrons. The number of aromatic nitrogens is 2. The second-order valence-corrected chi connectivity index (χ2v) is 13.2. The van der Waals surface area contributed by atoms with Crippen LogP contribution in [0.25, 0.3) is 5.70 Å². The Bertz CT molecular complexity index is 1270. The number of sulfone groups is 1. The van der Waals surface area contributed by atoms with E-state index in [-0.39, 0.29) is 22.2 Å². The third-order valence-corrected chi connectivity index (χ3v) is 10.7. The molecule has 38 heavy (non-hydrogen) atoms. The summed E-state index contributed by atoms with van der Waals surface area (Å²) in [5, 5.41) is 8.16. The molecule has 3 heterocycles. The molecule has 1 spiro atoms. The minimum absolute atomic E-state index is 0.146. The summed E-state index contributed by atoms with van der Waals surface area (Å²) in [7, 11) is -3.34. The van der Waals surface area contributed by atoms with Crippen molar-refractivity contribution in [1.29, 1.82) is 0 Å². The Balaban J connectivity index is 1.21. The van der Waals surface area contributed by atoms with E-state index in [1.54, 1.807) is 12.1 Å². The highest BCUT2D eigenvalue weighted by Gasteiger charge is 2.38. The molecular formula is C29H39N3O5S. The first-order valence-electron chi connectivity index (χ1n) is 13.9. The van der Waals surface area contributed by atoms with E-state index >= 15 is 0 Å². The Hall–Kier alpha value is -2.65. The molecule has 5 rings (SSSR count). The monoisotopic (exact) mass is 541 g/mol. The van der Waals surface area contributed by atoms with Crippen molar-refractivity contribution in [2.45, 2.75) is 81.4 Å². The van der Waals surface area contributed by atoms with E-state index in [4.69, 9.17) is 14.6 Å². The van der Waals surface area contributed by atoms with Crippen molar-refractivity contribution in [1.82, 2.24) is 15.1 Å². The van der Waals surface area contributed by atoms with Gasteiger partial charge < -0.3 is 14.8 Å². The van der Waals surface area contributed by atoms with Crippen molar-refractivity contribution in [2.75, 3.05) is 26.4 Å². The Morgan fingerprint density at radius 1 is 1.21 bits per heavy atom. The molecule has 3 aliphatic rings. The summed E-state index contributed by atoms with van der Waals surface area (Å²) in [5.41, 5.74) is 4.84. The molecule has 0 bridgehead atoms. The van der Waals surface area contributed by atoms with Crippen LogP contribution in [0.4, 0.5) is 0 Å². The quantitative estimate of drug-likeness (QED) is 0.392. The molecular weight excluding hydrogens is 502 g/mol. The number of nitrogens with one attached hydrogen (secondary N) is 1. The van der Waals surface area contributed by atoms with Gasteiger partial charge in [-0.2, -0.15) is 5.10 Å². The predicted octanol–water partition coefficient (Wildman–Crippen LogP) is 4.32. The van der Waals surface area contributed by atoms with Crippen molar-refractivity contribution >= 4 is 21.5 Å². The van der Waals surface area contributed by atoms with Crippen LogP contribution < -0.4 is 5.32 Å². The van der Waals surface area contributed by atoms with Crippen molar-refractivity contribution in [2.24, 2.45) is 5.41 Å². The normalized spacial score (nSPS) is 19.7. The van der Waals surface area contributed by atoms with Gasteiger partial charge in [-0.15, -0.1) is 0 Å². The van der Waals surface area contributed by atoms with Gasteiger partial charge in [-0.3, -0.25) is 4.68 Å². The number of hydrogen-bond donors (Lipinski definition) is 1. The lowest BCUT2D eigenvalue weighted by Crippen LogP contribution is -2.38.